The molecule has 0 radical (unpaired) electrons. The molecule has 2 N–H and O–H groups in total. The van der Waals surface area contributed by atoms with Gasteiger partial charge in [-0.15, -0.1) is 11.3 Å². The second-order valence-corrected chi connectivity index (χ2v) is 10.3. The van der Waals surface area contributed by atoms with Crippen molar-refractivity contribution < 1.29 is 9.53 Å². The maximum atomic E-state index is 12.7. The van der Waals surface area contributed by atoms with Gasteiger partial charge in [0.15, 0.2) is 0 Å². The third kappa shape index (κ3) is 4.09. The van der Waals surface area contributed by atoms with Crippen molar-refractivity contribution in [3.63, 3.8) is 0 Å². The van der Waals surface area contributed by atoms with Crippen molar-refractivity contribution in [1.82, 2.24) is 25.2 Å². The summed E-state index contributed by atoms with van der Waals surface area (Å²) in [5, 5.41) is 8.57. The van der Waals surface area contributed by atoms with E-state index in [1.165, 1.54) is 11.3 Å². The molecule has 3 aromatic heterocycles. The van der Waals surface area contributed by atoms with Gasteiger partial charge in [0.25, 0.3) is 5.91 Å². The lowest BCUT2D eigenvalue weighted by molar-refractivity contribution is 0.0949. The van der Waals surface area contributed by atoms with E-state index in [0.29, 0.717) is 23.2 Å². The van der Waals surface area contributed by atoms with Gasteiger partial charge in [0, 0.05) is 53.4 Å². The molecule has 178 valence electrons. The lowest BCUT2D eigenvalue weighted by Gasteiger charge is -2.22. The largest absolute Gasteiger partial charge is 0.420 e. The van der Waals surface area contributed by atoms with Crippen LogP contribution in [0.4, 0.5) is 5.69 Å². The average molecular weight is 507 g/mol. The molecular formula is C25H23ClN6O2S. The highest BCUT2D eigenvalue weighted by atomic mass is 35.5. The summed E-state index contributed by atoms with van der Waals surface area (Å²) in [5.74, 6) is 0.767. The Morgan fingerprint density at radius 2 is 2.11 bits per heavy atom. The number of carbonyl (C=O) groups is 1. The number of hydrogen-bond donors (Lipinski definition) is 2. The summed E-state index contributed by atoms with van der Waals surface area (Å²) in [6, 6.07) is 7.82. The number of ether oxygens (including phenoxy) is 1. The molecule has 0 saturated heterocycles. The number of nitrogens with zero attached hydrogens (tertiary/aromatic N) is 4. The molecule has 0 saturated carbocycles. The molecule has 0 fully saturated rings. The van der Waals surface area contributed by atoms with Gasteiger partial charge in [-0.2, -0.15) is 4.98 Å². The minimum absolute atomic E-state index is 0.0452. The Bertz CT molecular complexity index is 1520. The lowest BCUT2D eigenvalue weighted by atomic mass is 10.0. The second kappa shape index (κ2) is 8.75. The predicted molar refractivity (Wildman–Crippen MR) is 140 cm³/mol. The number of halogens is 1. The highest BCUT2D eigenvalue weighted by Gasteiger charge is 2.25. The van der Waals surface area contributed by atoms with Gasteiger partial charge < -0.3 is 20.3 Å². The van der Waals surface area contributed by atoms with Gasteiger partial charge >= 0.3 is 0 Å². The molecule has 0 spiro atoms. The number of pyridine rings is 1. The van der Waals surface area contributed by atoms with Crippen molar-refractivity contribution >= 4 is 61.1 Å². The number of aromatic nitrogens is 3. The number of amides is 1. The number of rotatable bonds is 3. The molecule has 2 aliphatic rings. The predicted octanol–water partition coefficient (Wildman–Crippen LogP) is 4.95. The highest BCUT2D eigenvalue weighted by Crippen LogP contribution is 2.41. The van der Waals surface area contributed by atoms with Crippen LogP contribution in [0.5, 0.6) is 11.8 Å². The standard InChI is InChI=1S/C25H23ClN6O2S/c1-13-11-27-21-20-15-3-6-19(30-17(15)4-5-18(20)35-22(21)23(33)29-13)34-24-16(12-28-25(26)31-24)14-7-9-32(2)10-8-14/h3-7,12-13,27H,8-11H2,1-2H3,(H,29,33)/t13-/m1/s1. The van der Waals surface area contributed by atoms with Crippen LogP contribution >= 0.6 is 22.9 Å². The summed E-state index contributed by atoms with van der Waals surface area (Å²) < 4.78 is 7.19. The molecule has 0 unspecified atom stereocenters. The molecule has 1 atom stereocenters. The van der Waals surface area contributed by atoms with Crippen LogP contribution < -0.4 is 15.4 Å². The second-order valence-electron chi connectivity index (χ2n) is 8.92. The van der Waals surface area contributed by atoms with Gasteiger partial charge in [0.2, 0.25) is 17.0 Å². The van der Waals surface area contributed by atoms with Crippen LogP contribution in [0.15, 0.2) is 36.5 Å². The number of hydrogen-bond acceptors (Lipinski definition) is 8. The summed E-state index contributed by atoms with van der Waals surface area (Å²) in [6.07, 6.45) is 4.76. The zero-order valence-corrected chi connectivity index (χ0v) is 20.8. The molecule has 2 aliphatic heterocycles. The molecule has 1 amide bonds. The smallest absolute Gasteiger partial charge is 0.263 e. The van der Waals surface area contributed by atoms with Gasteiger partial charge in [-0.1, -0.05) is 6.08 Å². The van der Waals surface area contributed by atoms with Crippen LogP contribution in [0.1, 0.15) is 28.6 Å². The molecule has 35 heavy (non-hydrogen) atoms. The SMILES string of the molecule is C[C@@H]1CNc2c(sc3ccc4nc(Oc5nc(Cl)ncc5C5=CCN(C)CC5)ccc4c23)C(=O)N1. The molecular weight excluding hydrogens is 484 g/mol. The first kappa shape index (κ1) is 22.2. The maximum Gasteiger partial charge on any atom is 0.263 e. The fourth-order valence-corrected chi connectivity index (χ4v) is 5.75. The normalized spacial score (nSPS) is 18.5. The fourth-order valence-electron chi connectivity index (χ4n) is 4.52. The van der Waals surface area contributed by atoms with Crippen LogP contribution in [-0.4, -0.2) is 58.5 Å². The zero-order chi connectivity index (χ0) is 24.1. The van der Waals surface area contributed by atoms with E-state index in [-0.39, 0.29) is 17.2 Å². The van der Waals surface area contributed by atoms with E-state index in [2.05, 4.69) is 38.6 Å². The lowest BCUT2D eigenvalue weighted by Crippen LogP contribution is -2.34. The topological polar surface area (TPSA) is 92.3 Å². The van der Waals surface area contributed by atoms with Crippen LogP contribution in [0, 0.1) is 0 Å². The first-order valence-corrected chi connectivity index (χ1v) is 12.6. The van der Waals surface area contributed by atoms with E-state index >= 15 is 0 Å². The van der Waals surface area contributed by atoms with Gasteiger partial charge in [0.05, 0.1) is 16.8 Å². The Morgan fingerprint density at radius 1 is 1.23 bits per heavy atom. The Labute approximate surface area is 211 Å². The summed E-state index contributed by atoms with van der Waals surface area (Å²) in [7, 11) is 2.09. The van der Waals surface area contributed by atoms with Crippen molar-refractivity contribution in [2.24, 2.45) is 0 Å². The average Bonchev–Trinajstić information content (AvgIpc) is 3.16. The number of anilines is 1. The third-order valence-electron chi connectivity index (χ3n) is 6.35. The number of thiophene rings is 1. The first-order chi connectivity index (χ1) is 17.0. The molecule has 10 heteroatoms. The number of fused-ring (bicyclic) bond motifs is 5. The van der Waals surface area contributed by atoms with Crippen molar-refractivity contribution in [3.05, 3.63) is 52.3 Å². The fraction of sp³-hybridized carbons (Fsp3) is 0.280. The molecule has 8 nitrogen and oxygen atoms in total. The molecule has 1 aromatic carbocycles. The Morgan fingerprint density at radius 3 is 2.94 bits per heavy atom. The summed E-state index contributed by atoms with van der Waals surface area (Å²) in [5.41, 5.74) is 3.60. The van der Waals surface area contributed by atoms with E-state index in [1.54, 1.807) is 6.20 Å². The Hall–Kier alpha value is -3.27. The van der Waals surface area contributed by atoms with Crippen molar-refractivity contribution in [2.45, 2.75) is 19.4 Å². The van der Waals surface area contributed by atoms with Gasteiger partial charge in [-0.05, 0) is 55.8 Å². The van der Waals surface area contributed by atoms with Crippen molar-refractivity contribution in [3.8, 4) is 11.8 Å². The minimum Gasteiger partial charge on any atom is -0.420 e. The highest BCUT2D eigenvalue weighted by molar-refractivity contribution is 7.21. The van der Waals surface area contributed by atoms with Crippen LogP contribution in [0.3, 0.4) is 0 Å². The van der Waals surface area contributed by atoms with Crippen LogP contribution in [0.2, 0.25) is 5.28 Å². The van der Waals surface area contributed by atoms with E-state index < -0.39 is 0 Å². The number of carbonyl (C=O) groups excluding carboxylic acids is 1. The van der Waals surface area contributed by atoms with Crippen molar-refractivity contribution in [2.75, 3.05) is 32.0 Å². The molecule has 0 aliphatic carbocycles. The molecule has 4 aromatic rings. The number of likely N-dealkylation sites (N-methyl/N-ethyl adjacent to an activating group) is 1. The van der Waals surface area contributed by atoms with Crippen LogP contribution in [0.25, 0.3) is 26.6 Å². The van der Waals surface area contributed by atoms with Gasteiger partial charge in [-0.3, -0.25) is 4.79 Å². The summed E-state index contributed by atoms with van der Waals surface area (Å²) >= 11 is 7.60. The minimum atomic E-state index is -0.0452. The Balaban J connectivity index is 1.40. The maximum absolute atomic E-state index is 12.7. The molecule has 0 bridgehead atoms. The summed E-state index contributed by atoms with van der Waals surface area (Å²) in [4.78, 5) is 28.9. The van der Waals surface area contributed by atoms with E-state index in [1.807, 2.05) is 31.2 Å². The van der Waals surface area contributed by atoms with Gasteiger partial charge in [0.1, 0.15) is 4.88 Å². The number of nitrogens with one attached hydrogen (secondary N) is 2. The molecule has 5 heterocycles. The summed E-state index contributed by atoms with van der Waals surface area (Å²) in [6.45, 7) is 4.46. The number of benzene rings is 1. The Kier molecular flexibility index (Phi) is 5.55. The van der Waals surface area contributed by atoms with Gasteiger partial charge in [-0.25, -0.2) is 9.97 Å². The van der Waals surface area contributed by atoms with E-state index in [0.717, 1.165) is 57.3 Å². The van der Waals surface area contributed by atoms with Crippen LogP contribution in [-0.2, 0) is 0 Å². The van der Waals surface area contributed by atoms with Crippen molar-refractivity contribution in [1.29, 1.82) is 0 Å². The molecule has 6 rings (SSSR count). The van der Waals surface area contributed by atoms with E-state index in [4.69, 9.17) is 21.3 Å². The quantitative estimate of drug-likeness (QED) is 0.380. The zero-order valence-electron chi connectivity index (χ0n) is 19.3. The van der Waals surface area contributed by atoms with E-state index in [9.17, 15) is 4.79 Å². The first-order valence-electron chi connectivity index (χ1n) is 11.5. The third-order valence-corrected chi connectivity index (χ3v) is 7.68. The monoisotopic (exact) mass is 506 g/mol.